The van der Waals surface area contributed by atoms with Gasteiger partial charge in [0.1, 0.15) is 0 Å². The van der Waals surface area contributed by atoms with Gasteiger partial charge >= 0.3 is 0 Å². The molecular weight excluding hydrogens is 180 g/mol. The van der Waals surface area contributed by atoms with Crippen molar-refractivity contribution in [1.29, 1.82) is 0 Å². The van der Waals surface area contributed by atoms with Crippen molar-refractivity contribution in [2.24, 2.45) is 0 Å². The summed E-state index contributed by atoms with van der Waals surface area (Å²) in [5.74, 6) is 0. The largest absolute Gasteiger partial charge is 0.249 e. The maximum Gasteiger partial charge on any atom is 0.0854 e. The first-order valence-electron chi connectivity index (χ1n) is 4.21. The fraction of sp³-hybridized carbons (Fsp3) is 0.182. The zero-order valence-corrected chi connectivity index (χ0v) is 8.38. The fourth-order valence-electron chi connectivity index (χ4n) is 0.850. The minimum absolute atomic E-state index is 0.819. The molecule has 0 saturated carbocycles. The van der Waals surface area contributed by atoms with Gasteiger partial charge in [-0.3, -0.25) is 0 Å². The Bertz CT molecular complexity index is 334. The summed E-state index contributed by atoms with van der Waals surface area (Å²) in [5.41, 5.74) is 2.88. The number of rotatable bonds is 3. The van der Waals surface area contributed by atoms with Crippen molar-refractivity contribution in [3.63, 3.8) is 0 Å². The van der Waals surface area contributed by atoms with E-state index in [1.165, 1.54) is 0 Å². The molecule has 0 aliphatic rings. The molecule has 0 aliphatic heterocycles. The molecule has 0 fully saturated rings. The Balaban J connectivity index is 2.76. The van der Waals surface area contributed by atoms with Crippen molar-refractivity contribution in [1.82, 2.24) is 0 Å². The molecule has 1 atom stereocenters. The van der Waals surface area contributed by atoms with Crippen LogP contribution in [0.2, 0.25) is 0 Å². The lowest BCUT2D eigenvalue weighted by atomic mass is 10.4. The standard InChI is InChI=1S/C11H12OS/c1-2-3-7-10-13(12)11-8-5-4-6-9-11/h3-6,8-10H,2H2,1H3. The number of allylic oxidation sites excluding steroid dienone is 1. The Morgan fingerprint density at radius 2 is 2.08 bits per heavy atom. The van der Waals surface area contributed by atoms with Crippen LogP contribution >= 0.6 is 0 Å². The summed E-state index contributed by atoms with van der Waals surface area (Å²) < 4.78 is 11.5. The molecule has 68 valence electrons. The first-order chi connectivity index (χ1) is 6.34. The average Bonchev–Trinajstić information content (AvgIpc) is 2.19. The molecule has 0 aliphatic carbocycles. The SMILES string of the molecule is CCC=C=CS(=O)c1ccccc1. The van der Waals surface area contributed by atoms with Gasteiger partial charge in [-0.25, -0.2) is 4.21 Å². The quantitative estimate of drug-likeness (QED) is 0.673. The van der Waals surface area contributed by atoms with Crippen LogP contribution in [0.4, 0.5) is 0 Å². The van der Waals surface area contributed by atoms with Crippen molar-refractivity contribution in [2.75, 3.05) is 0 Å². The van der Waals surface area contributed by atoms with Gasteiger partial charge in [-0.15, -0.1) is 5.73 Å². The number of hydrogen-bond donors (Lipinski definition) is 0. The molecule has 13 heavy (non-hydrogen) atoms. The molecule has 1 aromatic carbocycles. The highest BCUT2D eigenvalue weighted by molar-refractivity contribution is 7.88. The molecule has 0 radical (unpaired) electrons. The van der Waals surface area contributed by atoms with Crippen molar-refractivity contribution in [3.05, 3.63) is 47.5 Å². The second-order valence-electron chi connectivity index (χ2n) is 2.51. The Kier molecular flexibility index (Phi) is 4.24. The van der Waals surface area contributed by atoms with Crippen molar-refractivity contribution < 1.29 is 4.21 Å². The minimum atomic E-state index is -1.05. The molecule has 1 rings (SSSR count). The monoisotopic (exact) mass is 192 g/mol. The van der Waals surface area contributed by atoms with Gasteiger partial charge in [-0.05, 0) is 24.6 Å². The molecule has 0 bridgehead atoms. The number of hydrogen-bond acceptors (Lipinski definition) is 1. The van der Waals surface area contributed by atoms with Crippen LogP contribution in [-0.4, -0.2) is 4.21 Å². The van der Waals surface area contributed by atoms with E-state index in [0.29, 0.717) is 0 Å². The van der Waals surface area contributed by atoms with Crippen LogP contribution in [-0.2, 0) is 10.8 Å². The predicted molar refractivity (Wildman–Crippen MR) is 55.8 cm³/mol. The summed E-state index contributed by atoms with van der Waals surface area (Å²) in [6.07, 6.45) is 2.78. The Morgan fingerprint density at radius 3 is 2.69 bits per heavy atom. The molecule has 1 nitrogen and oxygen atoms in total. The molecule has 0 heterocycles. The lowest BCUT2D eigenvalue weighted by molar-refractivity contribution is 0.688. The first kappa shape index (κ1) is 9.97. The normalized spacial score (nSPS) is 11.5. The molecule has 0 amide bonds. The topological polar surface area (TPSA) is 17.1 Å². The first-order valence-corrected chi connectivity index (χ1v) is 5.42. The van der Waals surface area contributed by atoms with Gasteiger partial charge in [0.15, 0.2) is 0 Å². The van der Waals surface area contributed by atoms with Gasteiger partial charge < -0.3 is 0 Å². The summed E-state index contributed by atoms with van der Waals surface area (Å²) in [7, 11) is -1.05. The van der Waals surface area contributed by atoms with E-state index in [0.717, 1.165) is 11.3 Å². The van der Waals surface area contributed by atoms with Gasteiger partial charge in [0, 0.05) is 10.3 Å². The molecule has 2 heteroatoms. The van der Waals surface area contributed by atoms with Crippen LogP contribution in [0.15, 0.2) is 52.4 Å². The summed E-state index contributed by atoms with van der Waals surface area (Å²) >= 11 is 0. The zero-order valence-electron chi connectivity index (χ0n) is 7.57. The summed E-state index contributed by atoms with van der Waals surface area (Å²) in [6, 6.07) is 9.36. The van der Waals surface area contributed by atoms with E-state index < -0.39 is 10.8 Å². The molecular formula is C11H12OS. The Morgan fingerprint density at radius 1 is 1.38 bits per heavy atom. The van der Waals surface area contributed by atoms with E-state index in [2.05, 4.69) is 5.73 Å². The van der Waals surface area contributed by atoms with E-state index in [-0.39, 0.29) is 0 Å². The van der Waals surface area contributed by atoms with E-state index in [9.17, 15) is 4.21 Å². The van der Waals surface area contributed by atoms with Crippen LogP contribution in [0, 0.1) is 0 Å². The third-order valence-corrected chi connectivity index (χ3v) is 2.56. The maximum atomic E-state index is 11.5. The Labute approximate surface area is 81.3 Å². The average molecular weight is 192 g/mol. The molecule has 0 aromatic heterocycles. The van der Waals surface area contributed by atoms with Crippen LogP contribution in [0.3, 0.4) is 0 Å². The van der Waals surface area contributed by atoms with E-state index in [4.69, 9.17) is 0 Å². The zero-order chi connectivity index (χ0) is 9.52. The van der Waals surface area contributed by atoms with E-state index >= 15 is 0 Å². The Hall–Kier alpha value is -1.11. The van der Waals surface area contributed by atoms with Gasteiger partial charge in [-0.2, -0.15) is 0 Å². The minimum Gasteiger partial charge on any atom is -0.249 e. The lowest BCUT2D eigenvalue weighted by Crippen LogP contribution is -1.83. The van der Waals surface area contributed by atoms with Gasteiger partial charge in [0.25, 0.3) is 0 Å². The predicted octanol–water partition coefficient (Wildman–Crippen LogP) is 2.87. The van der Waals surface area contributed by atoms with Crippen LogP contribution < -0.4 is 0 Å². The van der Waals surface area contributed by atoms with Crippen LogP contribution in [0.1, 0.15) is 13.3 Å². The molecule has 0 spiro atoms. The van der Waals surface area contributed by atoms with E-state index in [1.54, 1.807) is 5.41 Å². The number of benzene rings is 1. The second-order valence-corrected chi connectivity index (χ2v) is 3.81. The maximum absolute atomic E-state index is 11.5. The van der Waals surface area contributed by atoms with Crippen molar-refractivity contribution >= 4 is 10.8 Å². The summed E-state index contributed by atoms with van der Waals surface area (Å²) in [5, 5.41) is 1.58. The van der Waals surface area contributed by atoms with Crippen LogP contribution in [0.5, 0.6) is 0 Å². The van der Waals surface area contributed by atoms with Crippen LogP contribution in [0.25, 0.3) is 0 Å². The fourth-order valence-corrected chi connectivity index (χ4v) is 1.63. The van der Waals surface area contributed by atoms with E-state index in [1.807, 2.05) is 43.3 Å². The highest BCUT2D eigenvalue weighted by atomic mass is 32.2. The highest BCUT2D eigenvalue weighted by Crippen LogP contribution is 2.05. The molecule has 0 saturated heterocycles. The third-order valence-electron chi connectivity index (χ3n) is 1.47. The van der Waals surface area contributed by atoms with Gasteiger partial charge in [0.2, 0.25) is 0 Å². The third kappa shape index (κ3) is 3.41. The smallest absolute Gasteiger partial charge is 0.0854 e. The molecule has 1 unspecified atom stereocenters. The molecule has 1 aromatic rings. The van der Waals surface area contributed by atoms with Crippen molar-refractivity contribution in [3.8, 4) is 0 Å². The molecule has 0 N–H and O–H groups in total. The van der Waals surface area contributed by atoms with Gasteiger partial charge in [0.05, 0.1) is 10.8 Å². The van der Waals surface area contributed by atoms with Crippen molar-refractivity contribution in [2.45, 2.75) is 18.2 Å². The van der Waals surface area contributed by atoms with Gasteiger partial charge in [-0.1, -0.05) is 25.1 Å². The second kappa shape index (κ2) is 5.52. The highest BCUT2D eigenvalue weighted by Gasteiger charge is 1.95. The summed E-state index contributed by atoms with van der Waals surface area (Å²) in [4.78, 5) is 0.819. The lowest BCUT2D eigenvalue weighted by Gasteiger charge is -1.92. The summed E-state index contributed by atoms with van der Waals surface area (Å²) in [6.45, 7) is 2.02.